The summed E-state index contributed by atoms with van der Waals surface area (Å²) in [6.45, 7) is 5.29. The van der Waals surface area contributed by atoms with E-state index in [9.17, 15) is 9.59 Å². The molecule has 0 N–H and O–H groups in total. The first-order valence-corrected chi connectivity index (χ1v) is 8.57. The number of likely N-dealkylation sites (tertiary alicyclic amines) is 2. The number of ether oxygens (including phenoxy) is 1. The van der Waals surface area contributed by atoms with Crippen LogP contribution in [0.3, 0.4) is 0 Å². The molecule has 2 atom stereocenters. The second-order valence-corrected chi connectivity index (χ2v) is 7.20. The van der Waals surface area contributed by atoms with Gasteiger partial charge in [-0.2, -0.15) is 0 Å². The second kappa shape index (κ2) is 6.01. The van der Waals surface area contributed by atoms with E-state index in [1.807, 2.05) is 27.3 Å². The lowest BCUT2D eigenvalue weighted by Gasteiger charge is -2.26. The van der Waals surface area contributed by atoms with E-state index < -0.39 is 0 Å². The zero-order valence-electron chi connectivity index (χ0n) is 13.1. The highest BCUT2D eigenvalue weighted by atomic mass is 32.1. The van der Waals surface area contributed by atoms with Crippen LogP contribution in [0.1, 0.15) is 23.0 Å². The maximum atomic E-state index is 12.8. The highest BCUT2D eigenvalue weighted by molar-refractivity contribution is 7.12. The molecular weight excluding hydrogens is 300 g/mol. The Bertz CT molecular complexity index is 560. The molecule has 2 amide bonds. The van der Waals surface area contributed by atoms with Gasteiger partial charge in [-0.3, -0.25) is 9.59 Å². The number of hydrogen-bond acceptors (Lipinski definition) is 4. The van der Waals surface area contributed by atoms with Gasteiger partial charge in [-0.25, -0.2) is 0 Å². The number of nitrogens with zero attached hydrogens (tertiary/aromatic N) is 2. The number of amides is 2. The minimum absolute atomic E-state index is 0.0573. The number of thiophene rings is 1. The van der Waals surface area contributed by atoms with Crippen LogP contribution in [0.4, 0.5) is 0 Å². The number of carbonyl (C=O) groups is 2. The van der Waals surface area contributed by atoms with E-state index in [1.165, 1.54) is 11.3 Å². The molecular formula is C16H22N2O3S. The second-order valence-electron chi connectivity index (χ2n) is 6.26. The first-order chi connectivity index (χ1) is 10.6. The van der Waals surface area contributed by atoms with Crippen LogP contribution in [0.5, 0.6) is 0 Å². The van der Waals surface area contributed by atoms with Crippen molar-refractivity contribution in [2.75, 3.05) is 39.9 Å². The molecule has 1 aromatic heterocycles. The molecule has 5 nitrogen and oxygen atoms in total. The molecule has 3 rings (SSSR count). The molecule has 6 heteroatoms. The van der Waals surface area contributed by atoms with E-state index in [-0.39, 0.29) is 23.1 Å². The summed E-state index contributed by atoms with van der Waals surface area (Å²) in [6, 6.07) is 3.74. The lowest BCUT2D eigenvalue weighted by atomic mass is 9.78. The van der Waals surface area contributed by atoms with E-state index in [2.05, 4.69) is 6.92 Å². The minimum Gasteiger partial charge on any atom is -0.383 e. The fraction of sp³-hybridized carbons (Fsp3) is 0.625. The van der Waals surface area contributed by atoms with Crippen LogP contribution in [0.2, 0.25) is 0 Å². The molecule has 2 aliphatic rings. The first-order valence-electron chi connectivity index (χ1n) is 7.69. The zero-order valence-corrected chi connectivity index (χ0v) is 13.9. The van der Waals surface area contributed by atoms with Gasteiger partial charge in [0.05, 0.1) is 16.9 Å². The van der Waals surface area contributed by atoms with Crippen molar-refractivity contribution in [2.45, 2.75) is 13.3 Å². The maximum Gasteiger partial charge on any atom is 0.263 e. The average molecular weight is 322 g/mol. The monoisotopic (exact) mass is 322 g/mol. The fourth-order valence-electron chi connectivity index (χ4n) is 3.65. The van der Waals surface area contributed by atoms with Gasteiger partial charge in [-0.1, -0.05) is 13.0 Å². The molecule has 120 valence electrons. The van der Waals surface area contributed by atoms with Gasteiger partial charge in [0.1, 0.15) is 0 Å². The van der Waals surface area contributed by atoms with Crippen molar-refractivity contribution < 1.29 is 14.3 Å². The highest BCUT2D eigenvalue weighted by Crippen LogP contribution is 2.45. The third kappa shape index (κ3) is 2.44. The summed E-state index contributed by atoms with van der Waals surface area (Å²) in [7, 11) is 1.65. The predicted molar refractivity (Wildman–Crippen MR) is 84.9 cm³/mol. The minimum atomic E-state index is -0.388. The van der Waals surface area contributed by atoms with Crippen molar-refractivity contribution >= 4 is 23.2 Å². The molecule has 1 aromatic rings. The fourth-order valence-corrected chi connectivity index (χ4v) is 4.34. The Kier molecular flexibility index (Phi) is 4.23. The average Bonchev–Trinajstić information content (AvgIpc) is 3.21. The summed E-state index contributed by atoms with van der Waals surface area (Å²) >= 11 is 1.46. The van der Waals surface area contributed by atoms with Crippen molar-refractivity contribution in [1.82, 2.24) is 9.80 Å². The van der Waals surface area contributed by atoms with Crippen molar-refractivity contribution in [2.24, 2.45) is 11.3 Å². The Morgan fingerprint density at radius 3 is 3.05 bits per heavy atom. The predicted octanol–water partition coefficient (Wildman–Crippen LogP) is 1.71. The Morgan fingerprint density at radius 2 is 2.36 bits per heavy atom. The molecule has 22 heavy (non-hydrogen) atoms. The summed E-state index contributed by atoms with van der Waals surface area (Å²) in [5.41, 5.74) is -0.388. The lowest BCUT2D eigenvalue weighted by molar-refractivity contribution is -0.137. The number of methoxy groups -OCH3 is 1. The smallest absolute Gasteiger partial charge is 0.263 e. The topological polar surface area (TPSA) is 49.9 Å². The Hall–Kier alpha value is -1.40. The van der Waals surface area contributed by atoms with Crippen molar-refractivity contribution in [3.8, 4) is 0 Å². The Balaban J connectivity index is 1.73. The standard InChI is InChI=1S/C16H22N2O3S/c1-12-10-18(14(19)13-4-3-9-22-13)11-16(12)5-6-17(15(16)20)7-8-21-2/h3-4,9,12H,5-8,10-11H2,1-2H3/t12-,16-/m0/s1. The summed E-state index contributed by atoms with van der Waals surface area (Å²) in [5, 5.41) is 1.91. The first kappa shape index (κ1) is 15.5. The van der Waals surface area contributed by atoms with Crippen molar-refractivity contribution in [3.05, 3.63) is 22.4 Å². The number of carbonyl (C=O) groups excluding carboxylic acids is 2. The van der Waals surface area contributed by atoms with Gasteiger partial charge in [-0.05, 0) is 23.8 Å². The quantitative estimate of drug-likeness (QED) is 0.848. The molecule has 3 heterocycles. The SMILES string of the molecule is COCCN1CC[C@@]2(CN(C(=O)c3cccs3)C[C@@H]2C)C1=O. The molecule has 0 bridgehead atoms. The summed E-state index contributed by atoms with van der Waals surface area (Å²) < 4.78 is 5.08. The van der Waals surface area contributed by atoms with E-state index in [0.717, 1.165) is 17.8 Å². The van der Waals surface area contributed by atoms with E-state index in [1.54, 1.807) is 7.11 Å². The molecule has 2 fully saturated rings. The van der Waals surface area contributed by atoms with Crippen LogP contribution >= 0.6 is 11.3 Å². The number of hydrogen-bond donors (Lipinski definition) is 0. The lowest BCUT2D eigenvalue weighted by Crippen LogP contribution is -2.41. The van der Waals surface area contributed by atoms with E-state index in [0.29, 0.717) is 26.2 Å². The maximum absolute atomic E-state index is 12.8. The molecule has 0 radical (unpaired) electrons. The molecule has 2 aliphatic heterocycles. The molecule has 0 aliphatic carbocycles. The number of rotatable bonds is 4. The molecule has 2 saturated heterocycles. The Morgan fingerprint density at radius 1 is 1.55 bits per heavy atom. The van der Waals surface area contributed by atoms with Gasteiger partial charge in [0.2, 0.25) is 5.91 Å². The van der Waals surface area contributed by atoms with Crippen LogP contribution in [-0.2, 0) is 9.53 Å². The summed E-state index contributed by atoms with van der Waals surface area (Å²) in [5.74, 6) is 0.455. The molecule has 0 aromatic carbocycles. The van der Waals surface area contributed by atoms with Gasteiger partial charge < -0.3 is 14.5 Å². The molecule has 0 unspecified atom stereocenters. The van der Waals surface area contributed by atoms with Crippen LogP contribution < -0.4 is 0 Å². The molecule has 1 spiro atoms. The van der Waals surface area contributed by atoms with Gasteiger partial charge in [-0.15, -0.1) is 11.3 Å². The summed E-state index contributed by atoms with van der Waals surface area (Å²) in [4.78, 5) is 29.9. The van der Waals surface area contributed by atoms with Gasteiger partial charge in [0.25, 0.3) is 5.91 Å². The van der Waals surface area contributed by atoms with E-state index in [4.69, 9.17) is 4.74 Å². The van der Waals surface area contributed by atoms with Crippen LogP contribution in [-0.4, -0.2) is 61.5 Å². The Labute approximate surface area is 134 Å². The van der Waals surface area contributed by atoms with Crippen molar-refractivity contribution in [1.29, 1.82) is 0 Å². The van der Waals surface area contributed by atoms with Crippen molar-refractivity contribution in [3.63, 3.8) is 0 Å². The zero-order chi connectivity index (χ0) is 15.7. The third-order valence-corrected chi connectivity index (χ3v) is 5.89. The molecule has 0 saturated carbocycles. The van der Waals surface area contributed by atoms with E-state index >= 15 is 0 Å². The van der Waals surface area contributed by atoms with Gasteiger partial charge >= 0.3 is 0 Å². The van der Waals surface area contributed by atoms with Crippen LogP contribution in [0.25, 0.3) is 0 Å². The summed E-state index contributed by atoms with van der Waals surface area (Å²) in [6.07, 6.45) is 0.838. The van der Waals surface area contributed by atoms with Gasteiger partial charge in [0, 0.05) is 33.3 Å². The van der Waals surface area contributed by atoms with Crippen LogP contribution in [0.15, 0.2) is 17.5 Å². The highest BCUT2D eigenvalue weighted by Gasteiger charge is 2.55. The third-order valence-electron chi connectivity index (χ3n) is 5.04. The largest absolute Gasteiger partial charge is 0.383 e. The normalized spacial score (nSPS) is 28.1. The van der Waals surface area contributed by atoms with Crippen LogP contribution in [0, 0.1) is 11.3 Å². The van der Waals surface area contributed by atoms with Gasteiger partial charge in [0.15, 0.2) is 0 Å².